The topological polar surface area (TPSA) is 86.8 Å². The summed E-state index contributed by atoms with van der Waals surface area (Å²) in [5.41, 5.74) is 4.31. The molecule has 0 saturated heterocycles. The minimum atomic E-state index is -3.57. The van der Waals surface area contributed by atoms with Gasteiger partial charge >= 0.3 is 0 Å². The van der Waals surface area contributed by atoms with Crippen molar-refractivity contribution in [1.82, 2.24) is 10.2 Å². The largest absolute Gasteiger partial charge is 0.354 e. The first kappa shape index (κ1) is 31.9. The van der Waals surface area contributed by atoms with Gasteiger partial charge in [0, 0.05) is 32.5 Å². The van der Waals surface area contributed by atoms with Crippen molar-refractivity contribution in [2.24, 2.45) is 5.92 Å². The minimum Gasteiger partial charge on any atom is -0.354 e. The standard InChI is InChI=1S/C33H43N3O4S/c1-25(2)23-34-33(38)31(22-28-13-8-6-9-14-28)35(24-29-15-10-7-11-16-29)32(37)17-12-20-36(41(5,39)40)30-21-26(3)18-19-27(30)4/h6-11,13-16,18-19,21,25,31H,12,17,20,22-24H2,1-5H3,(H,34,38)/t31-/m0/s1. The molecule has 0 aliphatic carbocycles. The number of anilines is 1. The predicted octanol–water partition coefficient (Wildman–Crippen LogP) is 5.26. The van der Waals surface area contributed by atoms with Gasteiger partial charge in [-0.15, -0.1) is 0 Å². The molecule has 3 aromatic carbocycles. The lowest BCUT2D eigenvalue weighted by Gasteiger charge is -2.32. The number of hydrogen-bond acceptors (Lipinski definition) is 4. The highest BCUT2D eigenvalue weighted by atomic mass is 32.2. The van der Waals surface area contributed by atoms with Crippen LogP contribution < -0.4 is 9.62 Å². The first-order chi connectivity index (χ1) is 19.5. The van der Waals surface area contributed by atoms with Crippen LogP contribution in [0.25, 0.3) is 0 Å². The molecule has 0 spiro atoms. The molecule has 7 nitrogen and oxygen atoms in total. The lowest BCUT2D eigenvalue weighted by atomic mass is 10.0. The molecule has 3 rings (SSSR count). The van der Waals surface area contributed by atoms with Crippen LogP contribution in [0, 0.1) is 19.8 Å². The molecule has 8 heteroatoms. The number of sulfonamides is 1. The molecule has 41 heavy (non-hydrogen) atoms. The monoisotopic (exact) mass is 577 g/mol. The third-order valence-electron chi connectivity index (χ3n) is 6.94. The third-order valence-corrected chi connectivity index (χ3v) is 8.12. The summed E-state index contributed by atoms with van der Waals surface area (Å²) in [6.07, 6.45) is 1.98. The molecular formula is C33H43N3O4S. The van der Waals surface area contributed by atoms with Crippen LogP contribution in [0.5, 0.6) is 0 Å². The maximum Gasteiger partial charge on any atom is 0.243 e. The molecule has 0 bridgehead atoms. The number of nitrogens with zero attached hydrogens (tertiary/aromatic N) is 2. The van der Waals surface area contributed by atoms with E-state index < -0.39 is 16.1 Å². The van der Waals surface area contributed by atoms with E-state index in [1.165, 1.54) is 10.6 Å². The smallest absolute Gasteiger partial charge is 0.243 e. The van der Waals surface area contributed by atoms with E-state index in [0.717, 1.165) is 22.3 Å². The third kappa shape index (κ3) is 9.74. The van der Waals surface area contributed by atoms with Crippen LogP contribution in [-0.2, 0) is 32.6 Å². The minimum absolute atomic E-state index is 0.104. The van der Waals surface area contributed by atoms with Gasteiger partial charge in [0.25, 0.3) is 0 Å². The summed E-state index contributed by atoms with van der Waals surface area (Å²) in [7, 11) is -3.57. The molecule has 1 N–H and O–H groups in total. The Morgan fingerprint density at radius 2 is 1.49 bits per heavy atom. The highest BCUT2D eigenvalue weighted by Crippen LogP contribution is 2.25. The van der Waals surface area contributed by atoms with Crippen molar-refractivity contribution in [3.05, 3.63) is 101 Å². The van der Waals surface area contributed by atoms with E-state index in [0.29, 0.717) is 25.1 Å². The molecule has 3 aromatic rings. The normalized spacial score (nSPS) is 12.1. The summed E-state index contributed by atoms with van der Waals surface area (Å²) in [4.78, 5) is 29.1. The Labute approximate surface area is 245 Å². The molecule has 0 aromatic heterocycles. The number of rotatable bonds is 14. The van der Waals surface area contributed by atoms with Crippen LogP contribution in [0.15, 0.2) is 78.9 Å². The number of carbonyl (C=O) groups excluding carboxylic acids is 2. The van der Waals surface area contributed by atoms with E-state index in [2.05, 4.69) is 5.32 Å². The molecule has 0 saturated carbocycles. The molecule has 0 aliphatic heterocycles. The van der Waals surface area contributed by atoms with Crippen molar-refractivity contribution in [2.45, 2.75) is 59.5 Å². The van der Waals surface area contributed by atoms with E-state index in [1.54, 1.807) is 4.90 Å². The van der Waals surface area contributed by atoms with Gasteiger partial charge in [-0.1, -0.05) is 86.6 Å². The number of carbonyl (C=O) groups is 2. The van der Waals surface area contributed by atoms with Crippen molar-refractivity contribution >= 4 is 27.5 Å². The van der Waals surface area contributed by atoms with Gasteiger partial charge in [-0.3, -0.25) is 13.9 Å². The second-order valence-corrected chi connectivity index (χ2v) is 13.0. The number of amides is 2. The van der Waals surface area contributed by atoms with Gasteiger partial charge in [-0.25, -0.2) is 8.42 Å². The Morgan fingerprint density at radius 1 is 0.878 bits per heavy atom. The van der Waals surface area contributed by atoms with Gasteiger partial charge in [0.1, 0.15) is 6.04 Å². The zero-order chi connectivity index (χ0) is 30.0. The van der Waals surface area contributed by atoms with E-state index in [9.17, 15) is 18.0 Å². The SMILES string of the molecule is Cc1ccc(C)c(N(CCCC(=O)N(Cc2ccccc2)[C@@H](Cc2ccccc2)C(=O)NCC(C)C)S(C)(=O)=O)c1. The van der Waals surface area contributed by atoms with E-state index in [-0.39, 0.29) is 37.2 Å². The van der Waals surface area contributed by atoms with Crippen molar-refractivity contribution < 1.29 is 18.0 Å². The number of hydrogen-bond donors (Lipinski definition) is 1. The molecule has 2 amide bonds. The fraction of sp³-hybridized carbons (Fsp3) is 0.394. The van der Waals surface area contributed by atoms with Crippen molar-refractivity contribution in [1.29, 1.82) is 0 Å². The Balaban J connectivity index is 1.87. The summed E-state index contributed by atoms with van der Waals surface area (Å²) in [6.45, 7) is 8.81. The lowest BCUT2D eigenvalue weighted by molar-refractivity contribution is -0.141. The second-order valence-electron chi connectivity index (χ2n) is 11.1. The van der Waals surface area contributed by atoms with Crippen LogP contribution in [0.3, 0.4) is 0 Å². The summed E-state index contributed by atoms with van der Waals surface area (Å²) >= 11 is 0. The van der Waals surface area contributed by atoms with Gasteiger partial charge in [0.2, 0.25) is 21.8 Å². The summed E-state index contributed by atoms with van der Waals surface area (Å²) in [5, 5.41) is 3.03. The van der Waals surface area contributed by atoms with Crippen LogP contribution >= 0.6 is 0 Å². The maximum absolute atomic E-state index is 13.9. The number of benzene rings is 3. The molecule has 0 aliphatic rings. The maximum atomic E-state index is 13.9. The van der Waals surface area contributed by atoms with E-state index in [4.69, 9.17) is 0 Å². The first-order valence-corrected chi connectivity index (χ1v) is 16.0. The van der Waals surface area contributed by atoms with Crippen LogP contribution in [0.2, 0.25) is 0 Å². The number of aryl methyl sites for hydroxylation is 2. The molecular weight excluding hydrogens is 534 g/mol. The fourth-order valence-corrected chi connectivity index (χ4v) is 5.74. The quantitative estimate of drug-likeness (QED) is 0.283. The van der Waals surface area contributed by atoms with Gasteiger partial charge in [-0.05, 0) is 54.5 Å². The van der Waals surface area contributed by atoms with Crippen LogP contribution in [-0.4, -0.2) is 50.5 Å². The van der Waals surface area contributed by atoms with Gasteiger partial charge in [0.05, 0.1) is 11.9 Å². The van der Waals surface area contributed by atoms with Gasteiger partial charge < -0.3 is 10.2 Å². The van der Waals surface area contributed by atoms with Crippen molar-refractivity contribution in [3.63, 3.8) is 0 Å². The fourth-order valence-electron chi connectivity index (χ4n) is 4.73. The Morgan fingerprint density at radius 3 is 2.07 bits per heavy atom. The lowest BCUT2D eigenvalue weighted by Crippen LogP contribution is -2.51. The number of nitrogens with one attached hydrogen (secondary N) is 1. The molecule has 0 radical (unpaired) electrons. The van der Waals surface area contributed by atoms with E-state index in [1.807, 2.05) is 107 Å². The average molecular weight is 578 g/mol. The summed E-state index contributed by atoms with van der Waals surface area (Å²) < 4.78 is 26.9. The van der Waals surface area contributed by atoms with Crippen LogP contribution in [0.4, 0.5) is 5.69 Å². The summed E-state index contributed by atoms with van der Waals surface area (Å²) in [6, 6.07) is 24.3. The van der Waals surface area contributed by atoms with Crippen molar-refractivity contribution in [2.75, 3.05) is 23.7 Å². The average Bonchev–Trinajstić information content (AvgIpc) is 2.93. The molecule has 1 atom stereocenters. The first-order valence-electron chi connectivity index (χ1n) is 14.2. The highest BCUT2D eigenvalue weighted by molar-refractivity contribution is 7.92. The van der Waals surface area contributed by atoms with Gasteiger partial charge in [0.15, 0.2) is 0 Å². The Kier molecular flexibility index (Phi) is 11.5. The van der Waals surface area contributed by atoms with Crippen LogP contribution in [0.1, 0.15) is 48.9 Å². The van der Waals surface area contributed by atoms with Crippen molar-refractivity contribution in [3.8, 4) is 0 Å². The van der Waals surface area contributed by atoms with E-state index >= 15 is 0 Å². The van der Waals surface area contributed by atoms with Gasteiger partial charge in [-0.2, -0.15) is 0 Å². The Bertz CT molecular complexity index is 1390. The highest BCUT2D eigenvalue weighted by Gasteiger charge is 2.30. The zero-order valence-corrected chi connectivity index (χ0v) is 25.7. The second kappa shape index (κ2) is 14.8. The predicted molar refractivity (Wildman–Crippen MR) is 166 cm³/mol. The molecule has 220 valence electrons. The summed E-state index contributed by atoms with van der Waals surface area (Å²) in [5.74, 6) is -0.120. The molecule has 0 fully saturated rings. The Hall–Kier alpha value is -3.65. The molecule has 0 unspecified atom stereocenters. The zero-order valence-electron chi connectivity index (χ0n) is 24.8. The molecule has 0 heterocycles.